The van der Waals surface area contributed by atoms with Crippen LogP contribution in [-0.2, 0) is 52.1 Å². The van der Waals surface area contributed by atoms with Gasteiger partial charge in [0.2, 0.25) is 0 Å². The number of methoxy groups -OCH3 is 2. The van der Waals surface area contributed by atoms with E-state index in [9.17, 15) is 51.1 Å². The first-order valence-electron chi connectivity index (χ1n) is 20.0. The molecule has 0 spiro atoms. The largest absolute Gasteiger partial charge is 0.394 e. The third-order valence-corrected chi connectivity index (χ3v) is 10.3. The molecule has 26 nitrogen and oxygen atoms in total. The van der Waals surface area contributed by atoms with Crippen molar-refractivity contribution in [3.05, 3.63) is 0 Å². The van der Waals surface area contributed by atoms with Gasteiger partial charge in [0.05, 0.1) is 45.2 Å². The second-order valence-electron chi connectivity index (χ2n) is 15.6. The number of ether oxygens (including phenoxy) is 11. The molecule has 0 aromatic heterocycles. The van der Waals surface area contributed by atoms with Crippen LogP contribution in [0.5, 0.6) is 0 Å². The van der Waals surface area contributed by atoms with Gasteiger partial charge in [-0.25, -0.2) is 0 Å². The maximum atomic E-state index is 10.2. The molecule has 9 unspecified atom stereocenters. The van der Waals surface area contributed by atoms with E-state index < -0.39 is 161 Å². The zero-order valence-electron chi connectivity index (χ0n) is 35.2. The van der Waals surface area contributed by atoms with Crippen molar-refractivity contribution in [2.45, 2.75) is 181 Å². The molecule has 0 bridgehead atoms. The van der Waals surface area contributed by atoms with E-state index in [0.29, 0.717) is 0 Å². The maximum absolute atomic E-state index is 10.2. The van der Waals surface area contributed by atoms with Gasteiger partial charge in [-0.3, -0.25) is 0 Å². The molecule has 0 amide bonds. The van der Waals surface area contributed by atoms with E-state index in [-0.39, 0.29) is 25.4 Å². The van der Waals surface area contributed by atoms with Crippen LogP contribution in [-0.4, -0.2) is 277 Å². The number of hydrogen-bond donors (Lipinski definition) is 15. The quantitative estimate of drug-likeness (QED) is 0.0816. The Kier molecular flexibility index (Phi) is 23.0. The minimum Gasteiger partial charge on any atom is -0.394 e. The lowest BCUT2D eigenvalue weighted by Crippen LogP contribution is -2.64. The molecule has 5 aliphatic rings. The van der Waals surface area contributed by atoms with Crippen molar-refractivity contribution in [2.24, 2.45) is 0 Å². The average Bonchev–Trinajstić information content (AvgIpc) is 3.24. The molecule has 0 saturated carbocycles. The summed E-state index contributed by atoms with van der Waals surface area (Å²) >= 11 is 0. The highest BCUT2D eigenvalue weighted by molar-refractivity contribution is 4.95. The van der Waals surface area contributed by atoms with Crippen LogP contribution in [0.25, 0.3) is 0 Å². The summed E-state index contributed by atoms with van der Waals surface area (Å²) in [7, 11) is 2.55. The molecule has 5 fully saturated rings. The van der Waals surface area contributed by atoms with E-state index >= 15 is 0 Å². The standard InChI is InChI=1S/C16H30O9.C14H26O11.C6H12O6/c1-7(2)23-9-5-22-16(14(20)11(9)17)25-10-6-21-15(24-8(3)4)13(19)12(10)18;1-21-11-5(3-15)24-14(10(20)7(11)17)25-12-6(4-16)23-13(22-2)9(19)8(12)18;7-1-2-3(8)4(9)5(10)6(11)12-2/h7-20H,5-6H2,1-4H3;5-20H,3-4H2,1-2H3;2-11H,1H2/t9-,10-,11+,12?,13?,14?,15+,16+;5?,6-,7+,8?,9?,10?,11+,12+,13+,14-;2?,3-,4+,5?,6-/m101/s1. The van der Waals surface area contributed by atoms with E-state index in [1.165, 1.54) is 14.2 Å². The monoisotopic (exact) mass is 916 g/mol. The van der Waals surface area contributed by atoms with Crippen molar-refractivity contribution >= 4 is 0 Å². The van der Waals surface area contributed by atoms with Crippen LogP contribution in [0.1, 0.15) is 27.7 Å². The molecule has 15 N–H and O–H groups in total. The summed E-state index contributed by atoms with van der Waals surface area (Å²) in [5, 5.41) is 145. The van der Waals surface area contributed by atoms with Crippen LogP contribution >= 0.6 is 0 Å². The fourth-order valence-electron chi connectivity index (χ4n) is 6.91. The fourth-order valence-corrected chi connectivity index (χ4v) is 6.91. The van der Waals surface area contributed by atoms with Crippen LogP contribution in [0.2, 0.25) is 0 Å². The fraction of sp³-hybridized carbons (Fsp3) is 1.00. The molecule has 0 radical (unpaired) electrons. The number of aliphatic hydroxyl groups is 15. The normalized spacial score (nSPS) is 46.4. The minimum absolute atomic E-state index is 0.0341. The Morgan fingerprint density at radius 3 is 1.44 bits per heavy atom. The Labute approximate surface area is 357 Å². The van der Waals surface area contributed by atoms with Gasteiger partial charge in [0.15, 0.2) is 31.5 Å². The summed E-state index contributed by atoms with van der Waals surface area (Å²) in [6.45, 7) is 5.58. The smallest absolute Gasteiger partial charge is 0.187 e. The van der Waals surface area contributed by atoms with Crippen molar-refractivity contribution in [3.63, 3.8) is 0 Å². The van der Waals surface area contributed by atoms with Gasteiger partial charge in [-0.1, -0.05) is 0 Å². The SMILES string of the molecule is CC(C)O[C@@H]1OC[C@@H](O[C@@H]2OC[C@@H](OC(C)C)[C@H](O)C2O)C(O)C1O.CO[C@@H]1O[C@@H](CO)[C@@H](O[C@@H]2OC(CO)[C@@H](OC)[C@H](O)C2O)C(O)C1O.OCC1O[C@@H](O)C(O)[C@@H](O)[C@@H]1O. The van der Waals surface area contributed by atoms with Crippen molar-refractivity contribution in [1.82, 2.24) is 0 Å². The zero-order chi connectivity index (χ0) is 46.7. The van der Waals surface area contributed by atoms with E-state index in [1.54, 1.807) is 13.8 Å². The van der Waals surface area contributed by atoms with Crippen LogP contribution in [0.15, 0.2) is 0 Å². The molecule has 5 heterocycles. The first-order chi connectivity index (χ1) is 29.2. The Bertz CT molecular complexity index is 1200. The third-order valence-electron chi connectivity index (χ3n) is 10.3. The van der Waals surface area contributed by atoms with Crippen LogP contribution in [0.3, 0.4) is 0 Å². The van der Waals surface area contributed by atoms with Gasteiger partial charge in [0, 0.05) is 14.2 Å². The Balaban J connectivity index is 0.000000263. The van der Waals surface area contributed by atoms with Gasteiger partial charge in [-0.2, -0.15) is 0 Å². The Hall–Kier alpha value is -1.04. The van der Waals surface area contributed by atoms with E-state index in [1.807, 2.05) is 13.8 Å². The third kappa shape index (κ3) is 14.0. The van der Waals surface area contributed by atoms with Crippen molar-refractivity contribution in [2.75, 3.05) is 47.3 Å². The molecule has 368 valence electrons. The lowest BCUT2D eigenvalue weighted by molar-refractivity contribution is -0.358. The van der Waals surface area contributed by atoms with Crippen molar-refractivity contribution in [3.8, 4) is 0 Å². The molecule has 26 heteroatoms. The second kappa shape index (κ2) is 25.8. The van der Waals surface area contributed by atoms with E-state index in [2.05, 4.69) is 4.74 Å². The summed E-state index contributed by atoms with van der Waals surface area (Å²) in [5.41, 5.74) is 0. The van der Waals surface area contributed by atoms with Crippen LogP contribution in [0.4, 0.5) is 0 Å². The lowest BCUT2D eigenvalue weighted by Gasteiger charge is -2.46. The van der Waals surface area contributed by atoms with Crippen LogP contribution in [0, 0.1) is 0 Å². The predicted octanol–water partition coefficient (Wildman–Crippen LogP) is -8.56. The molecular weight excluding hydrogens is 848 g/mol. The van der Waals surface area contributed by atoms with Gasteiger partial charge >= 0.3 is 0 Å². The van der Waals surface area contributed by atoms with Crippen LogP contribution < -0.4 is 0 Å². The molecule has 0 aromatic rings. The molecule has 0 aliphatic carbocycles. The van der Waals surface area contributed by atoms with Crippen molar-refractivity contribution < 1.29 is 129 Å². The van der Waals surface area contributed by atoms with Gasteiger partial charge in [-0.05, 0) is 27.7 Å². The summed E-state index contributed by atoms with van der Waals surface area (Å²) in [6, 6.07) is 0. The summed E-state index contributed by atoms with van der Waals surface area (Å²) in [5.74, 6) is 0. The summed E-state index contributed by atoms with van der Waals surface area (Å²) in [6.07, 6.45) is -29.1. The number of rotatable bonds is 13. The highest BCUT2D eigenvalue weighted by Gasteiger charge is 2.51. The average molecular weight is 917 g/mol. The maximum Gasteiger partial charge on any atom is 0.187 e. The van der Waals surface area contributed by atoms with Crippen molar-refractivity contribution in [1.29, 1.82) is 0 Å². The number of aliphatic hydroxyl groups excluding tert-OH is 15. The molecule has 0 aromatic carbocycles. The first-order valence-corrected chi connectivity index (χ1v) is 20.0. The Morgan fingerprint density at radius 2 is 0.887 bits per heavy atom. The minimum atomic E-state index is -1.57. The topological polar surface area (TPSA) is 405 Å². The summed E-state index contributed by atoms with van der Waals surface area (Å²) < 4.78 is 57.8. The highest BCUT2D eigenvalue weighted by Crippen LogP contribution is 2.31. The lowest BCUT2D eigenvalue weighted by atomic mass is 9.97. The Morgan fingerprint density at radius 1 is 0.419 bits per heavy atom. The van der Waals surface area contributed by atoms with E-state index in [4.69, 9.17) is 72.9 Å². The first kappa shape index (κ1) is 55.3. The highest BCUT2D eigenvalue weighted by atomic mass is 16.8. The van der Waals surface area contributed by atoms with Gasteiger partial charge in [0.1, 0.15) is 110 Å². The van der Waals surface area contributed by atoms with Gasteiger partial charge in [0.25, 0.3) is 0 Å². The predicted molar refractivity (Wildman–Crippen MR) is 199 cm³/mol. The second-order valence-corrected chi connectivity index (χ2v) is 15.6. The zero-order valence-corrected chi connectivity index (χ0v) is 35.2. The number of hydrogen-bond acceptors (Lipinski definition) is 26. The molecule has 23 atom stereocenters. The molecular formula is C36H68O26. The molecule has 5 saturated heterocycles. The van der Waals surface area contributed by atoms with E-state index in [0.717, 1.165) is 0 Å². The summed E-state index contributed by atoms with van der Waals surface area (Å²) in [4.78, 5) is 0. The van der Waals surface area contributed by atoms with Gasteiger partial charge < -0.3 is 129 Å². The molecule has 5 aliphatic heterocycles. The van der Waals surface area contributed by atoms with Gasteiger partial charge in [-0.15, -0.1) is 0 Å². The molecule has 62 heavy (non-hydrogen) atoms. The molecule has 5 rings (SSSR count).